The molecule has 1 heterocycles. The molecule has 0 radical (unpaired) electrons. The molecule has 6 heteroatoms. The number of nitrogens with one attached hydrogen (secondary N) is 2. The zero-order valence-electron chi connectivity index (χ0n) is 15.7. The van der Waals surface area contributed by atoms with Gasteiger partial charge >= 0.3 is 5.69 Å². The van der Waals surface area contributed by atoms with Crippen LogP contribution in [-0.4, -0.2) is 23.0 Å². The molecule has 1 atom stereocenters. The Hall–Kier alpha value is -2.63. The van der Waals surface area contributed by atoms with Gasteiger partial charge in [-0.25, -0.2) is 4.79 Å². The number of hydrogen-bond acceptors (Lipinski definition) is 4. The number of nitrogens with zero attached hydrogens (tertiary/aromatic N) is 1. The van der Waals surface area contributed by atoms with Crippen LogP contribution in [-0.2, 0) is 11.8 Å². The van der Waals surface area contributed by atoms with Gasteiger partial charge < -0.3 is 15.0 Å². The number of benzene rings is 1. The van der Waals surface area contributed by atoms with Crippen molar-refractivity contribution >= 4 is 5.91 Å². The fourth-order valence-electron chi connectivity index (χ4n) is 3.28. The molecule has 1 aliphatic carbocycles. The van der Waals surface area contributed by atoms with Gasteiger partial charge in [0.15, 0.2) is 0 Å². The number of methoxy groups -OCH3 is 1. The molecule has 0 saturated carbocycles. The molecule has 138 valence electrons. The first kappa shape index (κ1) is 18.2. The lowest BCUT2D eigenvalue weighted by Crippen LogP contribution is -2.33. The van der Waals surface area contributed by atoms with E-state index in [1.165, 1.54) is 5.56 Å². The molecule has 0 bridgehead atoms. The Kier molecular flexibility index (Phi) is 4.85. The van der Waals surface area contributed by atoms with Crippen molar-refractivity contribution in [3.63, 3.8) is 0 Å². The number of hydrogen-bond donors (Lipinski definition) is 2. The summed E-state index contributed by atoms with van der Waals surface area (Å²) in [5.41, 5.74) is 2.36. The van der Waals surface area contributed by atoms with Gasteiger partial charge in [-0.2, -0.15) is 4.98 Å². The summed E-state index contributed by atoms with van der Waals surface area (Å²) in [4.78, 5) is 31.2. The van der Waals surface area contributed by atoms with Gasteiger partial charge in [-0.05, 0) is 48.6 Å². The van der Waals surface area contributed by atoms with Crippen LogP contribution >= 0.6 is 0 Å². The number of aromatic amines is 1. The molecule has 26 heavy (non-hydrogen) atoms. The van der Waals surface area contributed by atoms with Gasteiger partial charge in [-0.1, -0.05) is 26.8 Å². The van der Waals surface area contributed by atoms with Gasteiger partial charge in [0.2, 0.25) is 0 Å². The second-order valence-electron chi connectivity index (χ2n) is 7.72. The second kappa shape index (κ2) is 6.94. The molecule has 0 unspecified atom stereocenters. The first-order valence-electron chi connectivity index (χ1n) is 8.87. The zero-order valence-corrected chi connectivity index (χ0v) is 15.7. The average Bonchev–Trinajstić information content (AvgIpc) is 2.60. The molecular formula is C20H25N3O3. The molecule has 0 spiro atoms. The summed E-state index contributed by atoms with van der Waals surface area (Å²) in [6.45, 7) is 5.93. The maximum Gasteiger partial charge on any atom is 0.345 e. The van der Waals surface area contributed by atoms with Crippen LogP contribution in [0.15, 0.2) is 29.1 Å². The zero-order chi connectivity index (χ0) is 18.9. The highest BCUT2D eigenvalue weighted by molar-refractivity contribution is 5.92. The number of carbonyl (C=O) groups is 1. The minimum atomic E-state index is -0.503. The third kappa shape index (κ3) is 3.79. The molecule has 0 saturated heterocycles. The molecule has 0 fully saturated rings. The molecule has 2 N–H and O–H groups in total. The van der Waals surface area contributed by atoms with Crippen LogP contribution in [0.3, 0.4) is 0 Å². The van der Waals surface area contributed by atoms with Gasteiger partial charge in [-0.15, -0.1) is 0 Å². The van der Waals surface area contributed by atoms with E-state index in [-0.39, 0.29) is 23.1 Å². The molecule has 1 amide bonds. The maximum atomic E-state index is 12.7. The predicted molar refractivity (Wildman–Crippen MR) is 99.7 cm³/mol. The number of carbonyl (C=O) groups excluding carboxylic acids is 1. The van der Waals surface area contributed by atoms with E-state index in [0.29, 0.717) is 5.69 Å². The molecule has 0 aliphatic heterocycles. The van der Waals surface area contributed by atoms with Crippen LogP contribution in [0.1, 0.15) is 67.0 Å². The fraction of sp³-hybridized carbons (Fsp3) is 0.450. The van der Waals surface area contributed by atoms with Crippen molar-refractivity contribution in [2.24, 2.45) is 0 Å². The Balaban J connectivity index is 1.86. The highest BCUT2D eigenvalue weighted by Crippen LogP contribution is 2.32. The normalized spacial score (nSPS) is 16.7. The van der Waals surface area contributed by atoms with Crippen LogP contribution in [0, 0.1) is 0 Å². The van der Waals surface area contributed by atoms with E-state index in [1.807, 2.05) is 39.0 Å². The first-order valence-corrected chi connectivity index (χ1v) is 8.87. The Morgan fingerprint density at radius 3 is 2.77 bits per heavy atom. The van der Waals surface area contributed by atoms with Crippen LogP contribution in [0.4, 0.5) is 0 Å². The average molecular weight is 355 g/mol. The third-order valence-electron chi connectivity index (χ3n) is 4.76. The number of aromatic nitrogens is 2. The molecule has 1 aromatic heterocycles. The number of aryl methyl sites for hydroxylation is 1. The monoisotopic (exact) mass is 355 g/mol. The van der Waals surface area contributed by atoms with Crippen molar-refractivity contribution in [1.82, 2.24) is 15.3 Å². The van der Waals surface area contributed by atoms with Crippen molar-refractivity contribution in [3.8, 4) is 5.75 Å². The Morgan fingerprint density at radius 1 is 1.31 bits per heavy atom. The molecular weight excluding hydrogens is 330 g/mol. The Labute approximate surface area is 153 Å². The third-order valence-corrected chi connectivity index (χ3v) is 4.76. The summed E-state index contributed by atoms with van der Waals surface area (Å²) in [5, 5.41) is 3.04. The summed E-state index contributed by atoms with van der Waals surface area (Å²) in [6.07, 6.45) is 2.82. The number of ether oxygens (including phenoxy) is 1. The van der Waals surface area contributed by atoms with E-state index in [2.05, 4.69) is 15.3 Å². The van der Waals surface area contributed by atoms with E-state index in [1.54, 1.807) is 13.2 Å². The molecule has 6 nitrogen and oxygen atoms in total. The van der Waals surface area contributed by atoms with Crippen molar-refractivity contribution in [1.29, 1.82) is 0 Å². The minimum Gasteiger partial charge on any atom is -0.497 e. The highest BCUT2D eigenvalue weighted by atomic mass is 16.5. The lowest BCUT2D eigenvalue weighted by molar-refractivity contribution is 0.0927. The predicted octanol–water partition coefficient (Wildman–Crippen LogP) is 2.88. The smallest absolute Gasteiger partial charge is 0.345 e. The van der Waals surface area contributed by atoms with E-state index in [4.69, 9.17) is 4.74 Å². The molecule has 3 rings (SSSR count). The number of H-pyrrole nitrogens is 1. The first-order chi connectivity index (χ1) is 12.3. The highest BCUT2D eigenvalue weighted by Gasteiger charge is 2.24. The number of fused-ring (bicyclic) bond motifs is 1. The quantitative estimate of drug-likeness (QED) is 0.887. The molecule has 1 aromatic carbocycles. The second-order valence-corrected chi connectivity index (χ2v) is 7.72. The summed E-state index contributed by atoms with van der Waals surface area (Å²) in [5.74, 6) is 0.497. The van der Waals surface area contributed by atoms with Gasteiger partial charge in [0.05, 0.1) is 13.2 Å². The standard InChI is InChI=1S/C20H25N3O3/c1-20(2,3)17-11-16(22-19(25)23-17)18(24)21-15-7-5-6-12-10-13(26-4)8-9-14(12)15/h8-11,15H,5-7H2,1-4H3,(H,21,24)(H,22,23,25)/t15-/m1/s1. The van der Waals surface area contributed by atoms with Gasteiger partial charge in [0.1, 0.15) is 11.4 Å². The fourth-order valence-corrected chi connectivity index (χ4v) is 3.28. The largest absolute Gasteiger partial charge is 0.497 e. The van der Waals surface area contributed by atoms with Crippen LogP contribution in [0.2, 0.25) is 0 Å². The van der Waals surface area contributed by atoms with E-state index >= 15 is 0 Å². The minimum absolute atomic E-state index is 0.0867. The topological polar surface area (TPSA) is 84.1 Å². The maximum absolute atomic E-state index is 12.7. The van der Waals surface area contributed by atoms with Crippen molar-refractivity contribution in [3.05, 3.63) is 57.3 Å². The van der Waals surface area contributed by atoms with E-state index < -0.39 is 5.69 Å². The van der Waals surface area contributed by atoms with Crippen molar-refractivity contribution in [2.45, 2.75) is 51.5 Å². The molecule has 2 aromatic rings. The van der Waals surface area contributed by atoms with E-state index in [9.17, 15) is 9.59 Å². The van der Waals surface area contributed by atoms with Crippen molar-refractivity contribution in [2.75, 3.05) is 7.11 Å². The summed E-state index contributed by atoms with van der Waals surface area (Å²) in [7, 11) is 1.65. The van der Waals surface area contributed by atoms with Gasteiger partial charge in [0, 0.05) is 11.1 Å². The molecule has 1 aliphatic rings. The SMILES string of the molecule is COc1ccc2c(c1)CCC[C@H]2NC(=O)c1cc(C(C)(C)C)[nH]c(=O)n1. The lowest BCUT2D eigenvalue weighted by atomic mass is 9.87. The Bertz CT molecular complexity index is 881. The lowest BCUT2D eigenvalue weighted by Gasteiger charge is -2.27. The van der Waals surface area contributed by atoms with Crippen LogP contribution in [0.25, 0.3) is 0 Å². The summed E-state index contributed by atoms with van der Waals surface area (Å²) in [6, 6.07) is 7.51. The summed E-state index contributed by atoms with van der Waals surface area (Å²) < 4.78 is 5.29. The number of amides is 1. The van der Waals surface area contributed by atoms with Gasteiger partial charge in [-0.3, -0.25) is 4.79 Å². The van der Waals surface area contributed by atoms with Gasteiger partial charge in [0.25, 0.3) is 5.91 Å². The number of rotatable bonds is 3. The van der Waals surface area contributed by atoms with Crippen LogP contribution < -0.4 is 15.7 Å². The summed E-state index contributed by atoms with van der Waals surface area (Å²) >= 11 is 0. The Morgan fingerprint density at radius 2 is 2.08 bits per heavy atom. The van der Waals surface area contributed by atoms with Crippen LogP contribution in [0.5, 0.6) is 5.75 Å². The van der Waals surface area contributed by atoms with Crippen molar-refractivity contribution < 1.29 is 9.53 Å². The van der Waals surface area contributed by atoms with E-state index in [0.717, 1.165) is 30.6 Å².